The number of carbonyl (C=O) groups excluding carboxylic acids is 1. The number of nitrogens with two attached hydrogens (primary N) is 1. The number of halogens is 2. The van der Waals surface area contributed by atoms with Crippen LogP contribution in [0.15, 0.2) is 24.3 Å². The molecule has 6 heteroatoms. The van der Waals surface area contributed by atoms with E-state index >= 15 is 0 Å². The molecule has 1 atom stereocenters. The number of carbonyl (C=O) groups is 1. The first-order valence-corrected chi connectivity index (χ1v) is 7.62. The molecule has 3 N–H and O–H groups in total. The van der Waals surface area contributed by atoms with Gasteiger partial charge in [0.25, 0.3) is 0 Å². The molecule has 0 saturated carbocycles. The van der Waals surface area contributed by atoms with Crippen LogP contribution >= 0.6 is 24.0 Å². The summed E-state index contributed by atoms with van der Waals surface area (Å²) in [6.45, 7) is 6.90. The molecule has 4 nitrogen and oxygen atoms in total. The molecule has 0 heterocycles. The zero-order valence-electron chi connectivity index (χ0n) is 13.4. The second-order valence-corrected chi connectivity index (χ2v) is 6.35. The Morgan fingerprint density at radius 3 is 2.59 bits per heavy atom. The van der Waals surface area contributed by atoms with Gasteiger partial charge in [-0.25, -0.2) is 0 Å². The highest BCUT2D eigenvalue weighted by molar-refractivity contribution is 6.32. The normalized spacial score (nSPS) is 13.2. The predicted molar refractivity (Wildman–Crippen MR) is 93.9 cm³/mol. The summed E-state index contributed by atoms with van der Waals surface area (Å²) in [6, 6.07) is 7.21. The Kier molecular flexibility index (Phi) is 9.49. The van der Waals surface area contributed by atoms with Crippen molar-refractivity contribution in [2.75, 3.05) is 13.2 Å². The number of rotatable bonds is 8. The monoisotopic (exact) mass is 348 g/mol. The average molecular weight is 349 g/mol. The SMILES string of the molecule is CC(C)CC(C)(CN)NC(=O)CCOc1ccccc1Cl.Cl. The van der Waals surface area contributed by atoms with Crippen LogP contribution < -0.4 is 15.8 Å². The van der Waals surface area contributed by atoms with Crippen molar-refractivity contribution in [3.63, 3.8) is 0 Å². The van der Waals surface area contributed by atoms with Crippen molar-refractivity contribution in [1.29, 1.82) is 0 Å². The summed E-state index contributed by atoms with van der Waals surface area (Å²) in [6.07, 6.45) is 1.12. The molecule has 0 bridgehead atoms. The summed E-state index contributed by atoms with van der Waals surface area (Å²) in [5.74, 6) is 1.00. The zero-order chi connectivity index (χ0) is 15.9. The minimum Gasteiger partial charge on any atom is -0.491 e. The van der Waals surface area contributed by atoms with Crippen molar-refractivity contribution in [1.82, 2.24) is 5.32 Å². The summed E-state index contributed by atoms with van der Waals surface area (Å²) in [5, 5.41) is 3.54. The summed E-state index contributed by atoms with van der Waals surface area (Å²) in [7, 11) is 0. The maximum Gasteiger partial charge on any atom is 0.223 e. The third kappa shape index (κ3) is 7.34. The molecule has 0 saturated heterocycles. The van der Waals surface area contributed by atoms with E-state index in [1.807, 2.05) is 19.1 Å². The molecule has 0 spiro atoms. The van der Waals surface area contributed by atoms with Gasteiger partial charge in [0.1, 0.15) is 5.75 Å². The van der Waals surface area contributed by atoms with Crippen LogP contribution in [-0.2, 0) is 4.79 Å². The maximum absolute atomic E-state index is 12.0. The molecular formula is C16H26Cl2N2O2. The number of nitrogens with one attached hydrogen (secondary N) is 1. The highest BCUT2D eigenvalue weighted by Gasteiger charge is 2.25. The maximum atomic E-state index is 12.0. The van der Waals surface area contributed by atoms with E-state index in [1.54, 1.807) is 12.1 Å². The zero-order valence-corrected chi connectivity index (χ0v) is 15.0. The molecule has 0 fully saturated rings. The molecule has 1 amide bonds. The van der Waals surface area contributed by atoms with Gasteiger partial charge >= 0.3 is 0 Å². The van der Waals surface area contributed by atoms with Crippen molar-refractivity contribution in [2.45, 2.75) is 39.2 Å². The van der Waals surface area contributed by atoms with Crippen molar-refractivity contribution >= 4 is 29.9 Å². The fourth-order valence-corrected chi connectivity index (χ4v) is 2.49. The van der Waals surface area contributed by atoms with Crippen molar-refractivity contribution in [2.24, 2.45) is 11.7 Å². The number of ether oxygens (including phenoxy) is 1. The summed E-state index contributed by atoms with van der Waals surface area (Å²) in [4.78, 5) is 12.0. The standard InChI is InChI=1S/C16H25ClN2O2.ClH/c1-12(2)10-16(3,11-18)19-15(20)8-9-21-14-7-5-4-6-13(14)17;/h4-7,12H,8-11,18H2,1-3H3,(H,19,20);1H. The molecule has 0 aliphatic carbocycles. The number of para-hydroxylation sites is 1. The lowest BCUT2D eigenvalue weighted by molar-refractivity contribution is -0.123. The van der Waals surface area contributed by atoms with Gasteiger partial charge in [-0.05, 0) is 31.4 Å². The van der Waals surface area contributed by atoms with Crippen LogP contribution in [0.2, 0.25) is 5.02 Å². The van der Waals surface area contributed by atoms with Gasteiger partial charge < -0.3 is 15.8 Å². The Hall–Kier alpha value is -0.970. The fraction of sp³-hybridized carbons (Fsp3) is 0.562. The van der Waals surface area contributed by atoms with E-state index in [0.29, 0.717) is 23.2 Å². The number of hydrogen-bond donors (Lipinski definition) is 2. The predicted octanol–water partition coefficient (Wildman–Crippen LogP) is 3.41. The molecular weight excluding hydrogens is 323 g/mol. The van der Waals surface area contributed by atoms with Crippen LogP contribution in [0.5, 0.6) is 5.75 Å². The average Bonchev–Trinajstić information content (AvgIpc) is 2.40. The van der Waals surface area contributed by atoms with E-state index < -0.39 is 0 Å². The second kappa shape index (κ2) is 9.93. The van der Waals surface area contributed by atoms with E-state index in [-0.39, 0.29) is 36.9 Å². The summed E-state index contributed by atoms with van der Waals surface area (Å²) in [5.41, 5.74) is 5.41. The smallest absolute Gasteiger partial charge is 0.223 e. The van der Waals surface area contributed by atoms with Crippen molar-refractivity contribution < 1.29 is 9.53 Å². The van der Waals surface area contributed by atoms with E-state index in [1.165, 1.54) is 0 Å². The minimum atomic E-state index is -0.365. The van der Waals surface area contributed by atoms with Crippen LogP contribution in [0.3, 0.4) is 0 Å². The van der Waals surface area contributed by atoms with Crippen LogP contribution in [0.1, 0.15) is 33.6 Å². The van der Waals surface area contributed by atoms with Gasteiger partial charge in [0.2, 0.25) is 5.91 Å². The first-order valence-electron chi connectivity index (χ1n) is 7.25. The van der Waals surface area contributed by atoms with Gasteiger partial charge in [0.15, 0.2) is 0 Å². The Labute approximate surface area is 144 Å². The first-order chi connectivity index (χ1) is 9.86. The molecule has 1 unspecified atom stereocenters. The largest absolute Gasteiger partial charge is 0.491 e. The van der Waals surface area contributed by atoms with Crippen LogP contribution in [0.4, 0.5) is 0 Å². The van der Waals surface area contributed by atoms with Crippen LogP contribution in [0.25, 0.3) is 0 Å². The lowest BCUT2D eigenvalue weighted by atomic mass is 9.90. The molecule has 0 aliphatic heterocycles. The van der Waals surface area contributed by atoms with Gasteiger partial charge in [0.05, 0.1) is 18.1 Å². The Morgan fingerprint density at radius 1 is 1.41 bits per heavy atom. The Balaban J connectivity index is 0.00000441. The van der Waals surface area contributed by atoms with E-state index in [9.17, 15) is 4.79 Å². The first kappa shape index (κ1) is 21.0. The number of benzene rings is 1. The van der Waals surface area contributed by atoms with Gasteiger partial charge in [-0.15, -0.1) is 12.4 Å². The molecule has 0 aromatic heterocycles. The van der Waals surface area contributed by atoms with E-state index in [4.69, 9.17) is 22.1 Å². The van der Waals surface area contributed by atoms with Crippen LogP contribution in [0, 0.1) is 5.92 Å². The minimum absolute atomic E-state index is 0. The third-order valence-electron chi connectivity index (χ3n) is 3.17. The summed E-state index contributed by atoms with van der Waals surface area (Å²) >= 11 is 5.98. The highest BCUT2D eigenvalue weighted by Crippen LogP contribution is 2.23. The van der Waals surface area contributed by atoms with Gasteiger partial charge in [-0.2, -0.15) is 0 Å². The Bertz CT molecular complexity index is 469. The van der Waals surface area contributed by atoms with Gasteiger partial charge in [0, 0.05) is 12.1 Å². The number of hydrogen-bond acceptors (Lipinski definition) is 3. The lowest BCUT2D eigenvalue weighted by Gasteiger charge is -2.31. The Morgan fingerprint density at radius 2 is 2.05 bits per heavy atom. The van der Waals surface area contributed by atoms with Crippen molar-refractivity contribution in [3.05, 3.63) is 29.3 Å². The molecule has 0 radical (unpaired) electrons. The quantitative estimate of drug-likeness (QED) is 0.756. The second-order valence-electron chi connectivity index (χ2n) is 5.94. The molecule has 1 aromatic carbocycles. The van der Waals surface area contributed by atoms with Gasteiger partial charge in [-0.3, -0.25) is 4.79 Å². The highest BCUT2D eigenvalue weighted by atomic mass is 35.5. The lowest BCUT2D eigenvalue weighted by Crippen LogP contribution is -2.52. The van der Waals surface area contributed by atoms with E-state index in [0.717, 1.165) is 6.42 Å². The van der Waals surface area contributed by atoms with Gasteiger partial charge in [-0.1, -0.05) is 37.6 Å². The molecule has 22 heavy (non-hydrogen) atoms. The molecule has 126 valence electrons. The third-order valence-corrected chi connectivity index (χ3v) is 3.49. The molecule has 1 rings (SSSR count). The van der Waals surface area contributed by atoms with Crippen LogP contribution in [-0.4, -0.2) is 24.6 Å². The summed E-state index contributed by atoms with van der Waals surface area (Å²) < 4.78 is 5.51. The van der Waals surface area contributed by atoms with E-state index in [2.05, 4.69) is 19.2 Å². The molecule has 0 aliphatic rings. The topological polar surface area (TPSA) is 64.3 Å². The fourth-order valence-electron chi connectivity index (χ4n) is 2.30. The van der Waals surface area contributed by atoms with Crippen molar-refractivity contribution in [3.8, 4) is 5.75 Å². The number of amides is 1. The molecule has 1 aromatic rings.